The number of amides is 1. The average molecular weight is 431 g/mol. The molecular formula is C13H8ClIN4OS. The van der Waals surface area contributed by atoms with E-state index in [-0.39, 0.29) is 5.91 Å². The van der Waals surface area contributed by atoms with Crippen molar-refractivity contribution in [3.63, 3.8) is 0 Å². The zero-order valence-electron chi connectivity index (χ0n) is 10.4. The first-order chi connectivity index (χ1) is 10.1. The third-order valence-electron chi connectivity index (χ3n) is 2.75. The van der Waals surface area contributed by atoms with Gasteiger partial charge in [0, 0.05) is 16.0 Å². The van der Waals surface area contributed by atoms with Gasteiger partial charge in [0.15, 0.2) is 0 Å². The number of aromatic nitrogens is 2. The van der Waals surface area contributed by atoms with Crippen LogP contribution in [0.3, 0.4) is 0 Å². The smallest absolute Gasteiger partial charge is 0.268 e. The maximum Gasteiger partial charge on any atom is 0.268 e. The molecule has 0 bridgehead atoms. The van der Waals surface area contributed by atoms with Gasteiger partial charge in [0.05, 0.1) is 16.4 Å². The fourth-order valence-corrected chi connectivity index (χ4v) is 3.60. The summed E-state index contributed by atoms with van der Waals surface area (Å²) in [6.07, 6.45) is 3.11. The maximum absolute atomic E-state index is 12.3. The van der Waals surface area contributed by atoms with Crippen molar-refractivity contribution in [2.45, 2.75) is 0 Å². The summed E-state index contributed by atoms with van der Waals surface area (Å²) in [6, 6.07) is 5.39. The molecule has 8 heteroatoms. The van der Waals surface area contributed by atoms with E-state index < -0.39 is 0 Å². The predicted octanol–water partition coefficient (Wildman–Crippen LogP) is 3.78. The van der Waals surface area contributed by atoms with Gasteiger partial charge in [-0.25, -0.2) is 9.97 Å². The Labute approximate surface area is 142 Å². The monoisotopic (exact) mass is 430 g/mol. The first-order valence-corrected chi connectivity index (χ1v) is 8.09. The molecule has 3 aromatic rings. The fourth-order valence-electron chi connectivity index (χ4n) is 1.78. The van der Waals surface area contributed by atoms with Gasteiger partial charge in [0.2, 0.25) is 0 Å². The quantitative estimate of drug-likeness (QED) is 0.606. The van der Waals surface area contributed by atoms with E-state index in [9.17, 15) is 4.79 Å². The van der Waals surface area contributed by atoms with Crippen LogP contribution in [-0.2, 0) is 0 Å². The van der Waals surface area contributed by atoms with E-state index >= 15 is 0 Å². The van der Waals surface area contributed by atoms with Crippen LogP contribution in [0.15, 0.2) is 30.6 Å². The van der Waals surface area contributed by atoms with Crippen LogP contribution in [0.5, 0.6) is 0 Å². The second kappa shape index (κ2) is 5.74. The largest absolute Gasteiger partial charge is 0.396 e. The summed E-state index contributed by atoms with van der Waals surface area (Å²) in [7, 11) is 0. The molecule has 1 amide bonds. The molecule has 0 spiro atoms. The van der Waals surface area contributed by atoms with E-state index in [2.05, 4.69) is 37.9 Å². The number of nitrogens with zero attached hydrogens (tertiary/aromatic N) is 2. The van der Waals surface area contributed by atoms with Crippen molar-refractivity contribution < 1.29 is 4.79 Å². The molecule has 0 radical (unpaired) electrons. The van der Waals surface area contributed by atoms with Crippen molar-refractivity contribution >= 4 is 73.2 Å². The average Bonchev–Trinajstić information content (AvgIpc) is 2.80. The summed E-state index contributed by atoms with van der Waals surface area (Å²) in [5, 5.41) is 3.23. The standard InChI is InChI=1S/C13H8ClIN4OS/c14-7-5-6(15)1-2-8(7)19-12(20)11-9(16)10-13(21-11)18-4-3-17-10/h1-5H,16H2,(H,19,20). The SMILES string of the molecule is Nc1c(C(=O)Nc2ccc(I)cc2Cl)sc2nccnc12. The van der Waals surface area contributed by atoms with Crippen molar-refractivity contribution in [2.24, 2.45) is 0 Å². The van der Waals surface area contributed by atoms with E-state index in [4.69, 9.17) is 17.3 Å². The van der Waals surface area contributed by atoms with Crippen LogP contribution in [0.2, 0.25) is 5.02 Å². The maximum atomic E-state index is 12.3. The highest BCUT2D eigenvalue weighted by molar-refractivity contribution is 14.1. The normalized spacial score (nSPS) is 10.8. The highest BCUT2D eigenvalue weighted by atomic mass is 127. The third-order valence-corrected chi connectivity index (χ3v) is 4.83. The van der Waals surface area contributed by atoms with Crippen molar-refractivity contribution in [1.82, 2.24) is 9.97 Å². The van der Waals surface area contributed by atoms with Gasteiger partial charge >= 0.3 is 0 Å². The van der Waals surface area contributed by atoms with Gasteiger partial charge in [-0.2, -0.15) is 0 Å². The van der Waals surface area contributed by atoms with E-state index in [1.807, 2.05) is 6.07 Å². The number of fused-ring (bicyclic) bond motifs is 1. The molecule has 0 aliphatic carbocycles. The first kappa shape index (κ1) is 14.5. The second-order valence-electron chi connectivity index (χ2n) is 4.13. The van der Waals surface area contributed by atoms with Crippen LogP contribution in [0.4, 0.5) is 11.4 Å². The topological polar surface area (TPSA) is 80.9 Å². The summed E-state index contributed by atoms with van der Waals surface area (Å²) in [5.41, 5.74) is 7.39. The minimum Gasteiger partial charge on any atom is -0.396 e. The minimum atomic E-state index is -0.319. The number of carbonyl (C=O) groups excluding carboxylic acids is 1. The van der Waals surface area contributed by atoms with Gasteiger partial charge in [0.25, 0.3) is 5.91 Å². The number of carbonyl (C=O) groups is 1. The summed E-state index contributed by atoms with van der Waals surface area (Å²) in [5.74, 6) is -0.319. The number of benzene rings is 1. The molecular weight excluding hydrogens is 423 g/mol. The van der Waals surface area contributed by atoms with Crippen molar-refractivity contribution in [3.8, 4) is 0 Å². The lowest BCUT2D eigenvalue weighted by Crippen LogP contribution is -2.12. The van der Waals surface area contributed by atoms with Crippen molar-refractivity contribution in [3.05, 3.63) is 44.1 Å². The molecule has 3 rings (SSSR count). The zero-order valence-corrected chi connectivity index (χ0v) is 14.2. The molecule has 0 atom stereocenters. The van der Waals surface area contributed by atoms with Crippen LogP contribution in [0, 0.1) is 3.57 Å². The van der Waals surface area contributed by atoms with E-state index in [0.717, 1.165) is 3.57 Å². The van der Waals surface area contributed by atoms with Gasteiger partial charge in [-0.15, -0.1) is 11.3 Å². The predicted molar refractivity (Wildman–Crippen MR) is 93.9 cm³/mol. The Bertz CT molecular complexity index is 851. The third kappa shape index (κ3) is 2.81. The van der Waals surface area contributed by atoms with Crippen LogP contribution in [-0.4, -0.2) is 15.9 Å². The lowest BCUT2D eigenvalue weighted by molar-refractivity contribution is 0.103. The van der Waals surface area contributed by atoms with E-state index in [0.29, 0.717) is 31.6 Å². The van der Waals surface area contributed by atoms with Gasteiger partial charge < -0.3 is 11.1 Å². The lowest BCUT2D eigenvalue weighted by atomic mass is 10.3. The Kier molecular flexibility index (Phi) is 3.96. The molecule has 5 nitrogen and oxygen atoms in total. The van der Waals surface area contributed by atoms with Gasteiger partial charge in [-0.1, -0.05) is 11.6 Å². The minimum absolute atomic E-state index is 0.319. The molecule has 0 saturated heterocycles. The molecule has 0 fully saturated rings. The number of hydrogen-bond acceptors (Lipinski definition) is 5. The molecule has 0 aliphatic rings. The molecule has 106 valence electrons. The highest BCUT2D eigenvalue weighted by Gasteiger charge is 2.18. The van der Waals surface area contributed by atoms with E-state index in [1.54, 1.807) is 24.5 Å². The Morgan fingerprint density at radius 2 is 2.10 bits per heavy atom. The van der Waals surface area contributed by atoms with Gasteiger partial charge in [-0.3, -0.25) is 4.79 Å². The fraction of sp³-hybridized carbons (Fsp3) is 0. The molecule has 3 N–H and O–H groups in total. The van der Waals surface area contributed by atoms with Crippen LogP contribution < -0.4 is 11.1 Å². The molecule has 21 heavy (non-hydrogen) atoms. The Morgan fingerprint density at radius 1 is 1.33 bits per heavy atom. The van der Waals surface area contributed by atoms with Crippen LogP contribution in [0.25, 0.3) is 10.3 Å². The highest BCUT2D eigenvalue weighted by Crippen LogP contribution is 2.32. The summed E-state index contributed by atoms with van der Waals surface area (Å²) in [6.45, 7) is 0. The van der Waals surface area contributed by atoms with Gasteiger partial charge in [0.1, 0.15) is 15.2 Å². The van der Waals surface area contributed by atoms with Crippen LogP contribution in [0.1, 0.15) is 9.67 Å². The molecule has 0 saturated carbocycles. The number of nitrogen functional groups attached to an aromatic ring is 1. The van der Waals surface area contributed by atoms with E-state index in [1.165, 1.54) is 11.3 Å². The number of thiophene rings is 1. The number of halogens is 2. The summed E-state index contributed by atoms with van der Waals surface area (Å²) < 4.78 is 0.991. The zero-order chi connectivity index (χ0) is 15.0. The summed E-state index contributed by atoms with van der Waals surface area (Å²) in [4.78, 5) is 21.6. The van der Waals surface area contributed by atoms with Crippen molar-refractivity contribution in [1.29, 1.82) is 0 Å². The second-order valence-corrected chi connectivity index (χ2v) is 6.79. The lowest BCUT2D eigenvalue weighted by Gasteiger charge is -2.06. The Hall–Kier alpha value is -1.45. The molecule has 0 aliphatic heterocycles. The van der Waals surface area contributed by atoms with Crippen LogP contribution >= 0.6 is 45.5 Å². The van der Waals surface area contributed by atoms with Gasteiger partial charge in [-0.05, 0) is 40.8 Å². The first-order valence-electron chi connectivity index (χ1n) is 5.81. The molecule has 2 aromatic heterocycles. The summed E-state index contributed by atoms with van der Waals surface area (Å²) >= 11 is 9.46. The molecule has 2 heterocycles. The molecule has 1 aromatic carbocycles. The number of nitrogens with two attached hydrogens (primary N) is 1. The number of nitrogens with one attached hydrogen (secondary N) is 1. The number of hydrogen-bond donors (Lipinski definition) is 2. The number of anilines is 2. The van der Waals surface area contributed by atoms with Crippen molar-refractivity contribution in [2.75, 3.05) is 11.1 Å². The number of rotatable bonds is 2. The molecule has 0 unspecified atom stereocenters. The Morgan fingerprint density at radius 3 is 2.81 bits per heavy atom. The Balaban J connectivity index is 1.95.